The van der Waals surface area contributed by atoms with E-state index in [0.29, 0.717) is 18.8 Å². The summed E-state index contributed by atoms with van der Waals surface area (Å²) in [7, 11) is 1.61. The predicted octanol–water partition coefficient (Wildman–Crippen LogP) is 2.63. The van der Waals surface area contributed by atoms with Gasteiger partial charge in [0.2, 0.25) is 0 Å². The second kappa shape index (κ2) is 9.07. The van der Waals surface area contributed by atoms with Crippen molar-refractivity contribution in [1.29, 1.82) is 0 Å². The Morgan fingerprint density at radius 3 is 2.59 bits per heavy atom. The molecule has 0 unspecified atom stereocenters. The Kier molecular flexibility index (Phi) is 6.30. The van der Waals surface area contributed by atoms with E-state index in [9.17, 15) is 4.79 Å². The normalized spacial score (nSPS) is 13.3. The molecule has 2 amide bonds. The fourth-order valence-corrected chi connectivity index (χ4v) is 2.97. The molecule has 1 aromatic heterocycles. The van der Waals surface area contributed by atoms with Crippen LogP contribution in [0.15, 0.2) is 30.3 Å². The van der Waals surface area contributed by atoms with Crippen molar-refractivity contribution in [2.24, 2.45) is 0 Å². The zero-order valence-electron chi connectivity index (χ0n) is 15.8. The Labute approximate surface area is 159 Å². The van der Waals surface area contributed by atoms with Crippen LogP contribution in [0, 0.1) is 6.92 Å². The number of urea groups is 1. The van der Waals surface area contributed by atoms with Crippen LogP contribution in [0.2, 0.25) is 0 Å². The van der Waals surface area contributed by atoms with Gasteiger partial charge in [0.15, 0.2) is 0 Å². The quantitative estimate of drug-likeness (QED) is 0.649. The summed E-state index contributed by atoms with van der Waals surface area (Å²) in [5, 5.41) is 8.85. The van der Waals surface area contributed by atoms with Crippen molar-refractivity contribution in [3.63, 3.8) is 0 Å². The monoisotopic (exact) mass is 370 g/mol. The SMILES string of the molecule is COc1ccc(NC(=O)NCCNc2cc(N3CCCC3)nc(C)n2)cc1. The number of aromatic nitrogens is 2. The summed E-state index contributed by atoms with van der Waals surface area (Å²) in [6.45, 7) is 5.03. The van der Waals surface area contributed by atoms with E-state index in [4.69, 9.17) is 4.74 Å². The first kappa shape index (κ1) is 18.8. The highest BCUT2D eigenvalue weighted by Crippen LogP contribution is 2.20. The summed E-state index contributed by atoms with van der Waals surface area (Å²) in [5.74, 6) is 3.24. The smallest absolute Gasteiger partial charge is 0.319 e. The van der Waals surface area contributed by atoms with Crippen molar-refractivity contribution >= 4 is 23.4 Å². The molecular formula is C19H26N6O2. The van der Waals surface area contributed by atoms with Crippen molar-refractivity contribution in [1.82, 2.24) is 15.3 Å². The van der Waals surface area contributed by atoms with Gasteiger partial charge in [0, 0.05) is 37.9 Å². The van der Waals surface area contributed by atoms with Crippen LogP contribution in [0.4, 0.5) is 22.1 Å². The summed E-state index contributed by atoms with van der Waals surface area (Å²) >= 11 is 0. The molecule has 3 rings (SSSR count). The zero-order chi connectivity index (χ0) is 19.1. The zero-order valence-corrected chi connectivity index (χ0v) is 15.8. The van der Waals surface area contributed by atoms with Crippen molar-refractivity contribution in [2.75, 3.05) is 48.8 Å². The highest BCUT2D eigenvalue weighted by Gasteiger charge is 2.14. The maximum absolute atomic E-state index is 11.9. The molecule has 1 fully saturated rings. The molecule has 0 saturated carbocycles. The molecule has 0 bridgehead atoms. The van der Waals surface area contributed by atoms with Crippen LogP contribution in [-0.4, -0.2) is 49.3 Å². The van der Waals surface area contributed by atoms with Crippen LogP contribution >= 0.6 is 0 Å². The lowest BCUT2D eigenvalue weighted by atomic mass is 10.3. The number of anilines is 3. The Morgan fingerprint density at radius 1 is 1.15 bits per heavy atom. The number of nitrogens with zero attached hydrogens (tertiary/aromatic N) is 3. The van der Waals surface area contributed by atoms with Gasteiger partial charge in [-0.2, -0.15) is 0 Å². The van der Waals surface area contributed by atoms with Crippen molar-refractivity contribution in [3.05, 3.63) is 36.2 Å². The summed E-state index contributed by atoms with van der Waals surface area (Å²) < 4.78 is 5.09. The van der Waals surface area contributed by atoms with Crippen LogP contribution in [0.3, 0.4) is 0 Å². The maximum atomic E-state index is 11.9. The van der Waals surface area contributed by atoms with Crippen molar-refractivity contribution in [2.45, 2.75) is 19.8 Å². The van der Waals surface area contributed by atoms with Crippen LogP contribution in [0.25, 0.3) is 0 Å². The number of hydrogen-bond acceptors (Lipinski definition) is 6. The molecule has 0 spiro atoms. The summed E-state index contributed by atoms with van der Waals surface area (Å²) in [5.41, 5.74) is 0.711. The fraction of sp³-hybridized carbons (Fsp3) is 0.421. The molecule has 0 atom stereocenters. The number of carbonyl (C=O) groups is 1. The molecule has 0 radical (unpaired) electrons. The number of benzene rings is 1. The number of nitrogens with one attached hydrogen (secondary N) is 3. The second-order valence-electron chi connectivity index (χ2n) is 6.39. The minimum absolute atomic E-state index is 0.251. The number of methoxy groups -OCH3 is 1. The van der Waals surface area contributed by atoms with Gasteiger partial charge in [0.25, 0.3) is 0 Å². The second-order valence-corrected chi connectivity index (χ2v) is 6.39. The van der Waals surface area contributed by atoms with Gasteiger partial charge in [-0.05, 0) is 44.0 Å². The largest absolute Gasteiger partial charge is 0.497 e. The Hall–Kier alpha value is -3.03. The van der Waals surface area contributed by atoms with E-state index in [-0.39, 0.29) is 6.03 Å². The standard InChI is InChI=1S/C19H26N6O2/c1-14-22-17(13-18(23-14)25-11-3-4-12-25)20-9-10-21-19(26)24-15-5-7-16(27-2)8-6-15/h5-8,13H,3-4,9-12H2,1-2H3,(H,20,22,23)(H2,21,24,26). The molecule has 3 N–H and O–H groups in total. The van der Waals surface area contributed by atoms with Gasteiger partial charge >= 0.3 is 6.03 Å². The van der Waals surface area contributed by atoms with Gasteiger partial charge in [-0.15, -0.1) is 0 Å². The Balaban J connectivity index is 1.43. The van der Waals surface area contributed by atoms with Crippen LogP contribution in [0.5, 0.6) is 5.75 Å². The third-order valence-corrected chi connectivity index (χ3v) is 4.32. The lowest BCUT2D eigenvalue weighted by molar-refractivity contribution is 0.252. The average molecular weight is 370 g/mol. The fourth-order valence-electron chi connectivity index (χ4n) is 2.97. The molecular weight excluding hydrogens is 344 g/mol. The topological polar surface area (TPSA) is 91.4 Å². The molecule has 144 valence electrons. The highest BCUT2D eigenvalue weighted by molar-refractivity contribution is 5.89. The lowest BCUT2D eigenvalue weighted by Gasteiger charge is -2.17. The first-order valence-corrected chi connectivity index (χ1v) is 9.17. The first-order chi connectivity index (χ1) is 13.1. The predicted molar refractivity (Wildman–Crippen MR) is 107 cm³/mol. The molecule has 8 nitrogen and oxygen atoms in total. The van der Waals surface area contributed by atoms with E-state index in [2.05, 4.69) is 30.8 Å². The Morgan fingerprint density at radius 2 is 1.89 bits per heavy atom. The minimum Gasteiger partial charge on any atom is -0.497 e. The molecule has 27 heavy (non-hydrogen) atoms. The number of carbonyl (C=O) groups excluding carboxylic acids is 1. The molecule has 0 aliphatic carbocycles. The summed E-state index contributed by atoms with van der Waals surface area (Å²) in [4.78, 5) is 23.2. The van der Waals surface area contributed by atoms with Crippen LogP contribution < -0.4 is 25.6 Å². The number of ether oxygens (including phenoxy) is 1. The van der Waals surface area contributed by atoms with E-state index >= 15 is 0 Å². The Bertz CT molecular complexity index is 759. The summed E-state index contributed by atoms with van der Waals surface area (Å²) in [6.07, 6.45) is 2.41. The number of amides is 2. The molecule has 1 aliphatic heterocycles. The van der Waals surface area contributed by atoms with Gasteiger partial charge in [-0.1, -0.05) is 0 Å². The van der Waals surface area contributed by atoms with E-state index in [1.54, 1.807) is 31.4 Å². The van der Waals surface area contributed by atoms with Gasteiger partial charge in [0.1, 0.15) is 23.2 Å². The third-order valence-electron chi connectivity index (χ3n) is 4.32. The molecule has 8 heteroatoms. The molecule has 1 aliphatic rings. The van der Waals surface area contributed by atoms with Crippen molar-refractivity contribution < 1.29 is 9.53 Å². The van der Waals surface area contributed by atoms with Gasteiger partial charge in [0.05, 0.1) is 7.11 Å². The van der Waals surface area contributed by atoms with Crippen LogP contribution in [-0.2, 0) is 0 Å². The lowest BCUT2D eigenvalue weighted by Crippen LogP contribution is -2.32. The highest BCUT2D eigenvalue weighted by atomic mass is 16.5. The van der Waals surface area contributed by atoms with E-state index in [0.717, 1.165) is 36.3 Å². The average Bonchev–Trinajstić information content (AvgIpc) is 3.20. The molecule has 2 heterocycles. The minimum atomic E-state index is -0.251. The van der Waals surface area contributed by atoms with Gasteiger partial charge in [-0.25, -0.2) is 14.8 Å². The molecule has 1 aromatic carbocycles. The van der Waals surface area contributed by atoms with Crippen LogP contribution in [0.1, 0.15) is 18.7 Å². The van der Waals surface area contributed by atoms with E-state index < -0.39 is 0 Å². The number of hydrogen-bond donors (Lipinski definition) is 3. The third kappa shape index (κ3) is 5.47. The van der Waals surface area contributed by atoms with Crippen molar-refractivity contribution in [3.8, 4) is 5.75 Å². The van der Waals surface area contributed by atoms with Gasteiger partial charge < -0.3 is 25.6 Å². The molecule has 2 aromatic rings. The maximum Gasteiger partial charge on any atom is 0.319 e. The summed E-state index contributed by atoms with van der Waals surface area (Å²) in [6, 6.07) is 8.90. The first-order valence-electron chi connectivity index (χ1n) is 9.17. The molecule has 1 saturated heterocycles. The van der Waals surface area contributed by atoms with E-state index in [1.807, 2.05) is 13.0 Å². The van der Waals surface area contributed by atoms with E-state index in [1.165, 1.54) is 12.8 Å². The number of aryl methyl sites for hydroxylation is 1. The number of rotatable bonds is 7. The van der Waals surface area contributed by atoms with Gasteiger partial charge in [-0.3, -0.25) is 0 Å².